The highest BCUT2D eigenvalue weighted by Crippen LogP contribution is 2.30. The molecule has 1 atom stereocenters. The van der Waals surface area contributed by atoms with Gasteiger partial charge < -0.3 is 5.32 Å². The highest BCUT2D eigenvalue weighted by atomic mass is 32.1. The number of halogens is 2. The summed E-state index contributed by atoms with van der Waals surface area (Å²) < 4.78 is 27.6. The molecule has 0 radical (unpaired) electrons. The summed E-state index contributed by atoms with van der Waals surface area (Å²) in [6.45, 7) is 3.62. The lowest BCUT2D eigenvalue weighted by atomic mass is 10.1. The van der Waals surface area contributed by atoms with Gasteiger partial charge in [-0.25, -0.2) is 8.78 Å². The Labute approximate surface area is 109 Å². The first-order valence-electron chi connectivity index (χ1n) is 5.88. The van der Waals surface area contributed by atoms with Gasteiger partial charge in [-0.1, -0.05) is 19.1 Å². The molecule has 0 bridgehead atoms. The van der Waals surface area contributed by atoms with E-state index in [-0.39, 0.29) is 11.7 Å². The van der Waals surface area contributed by atoms with E-state index in [0.717, 1.165) is 11.3 Å². The van der Waals surface area contributed by atoms with Crippen LogP contribution in [0.1, 0.15) is 29.8 Å². The molecule has 1 aromatic carbocycles. The first kappa shape index (κ1) is 13.0. The Morgan fingerprint density at radius 2 is 2.06 bits per heavy atom. The van der Waals surface area contributed by atoms with Gasteiger partial charge in [-0.3, -0.25) is 0 Å². The molecule has 96 valence electrons. The number of hydrogen-bond acceptors (Lipinski definition) is 2. The van der Waals surface area contributed by atoms with Crippen molar-refractivity contribution in [1.82, 2.24) is 0 Å². The van der Waals surface area contributed by atoms with Crippen molar-refractivity contribution in [1.29, 1.82) is 0 Å². The minimum atomic E-state index is -0.548. The summed E-state index contributed by atoms with van der Waals surface area (Å²) in [5, 5.41) is 4.93. The van der Waals surface area contributed by atoms with Crippen LogP contribution >= 0.6 is 11.3 Å². The van der Waals surface area contributed by atoms with Crippen LogP contribution in [0.4, 0.5) is 14.5 Å². The topological polar surface area (TPSA) is 12.0 Å². The molecule has 0 amide bonds. The van der Waals surface area contributed by atoms with Gasteiger partial charge in [-0.2, -0.15) is 0 Å². The number of benzene rings is 1. The van der Waals surface area contributed by atoms with Crippen LogP contribution in [0.15, 0.2) is 29.6 Å². The molecule has 0 aliphatic carbocycles. The van der Waals surface area contributed by atoms with Gasteiger partial charge in [0, 0.05) is 4.88 Å². The fraction of sp³-hybridized carbons (Fsp3) is 0.286. The maximum absolute atomic E-state index is 13.9. The molecule has 1 N–H and O–H groups in total. The van der Waals surface area contributed by atoms with Crippen LogP contribution in [-0.2, 0) is 0 Å². The van der Waals surface area contributed by atoms with Gasteiger partial charge in [-0.05, 0) is 36.4 Å². The van der Waals surface area contributed by atoms with Crippen LogP contribution in [0.25, 0.3) is 0 Å². The van der Waals surface area contributed by atoms with E-state index in [9.17, 15) is 8.78 Å². The van der Waals surface area contributed by atoms with E-state index >= 15 is 0 Å². The van der Waals surface area contributed by atoms with Gasteiger partial charge in [0.2, 0.25) is 0 Å². The van der Waals surface area contributed by atoms with Gasteiger partial charge in [0.1, 0.15) is 11.5 Å². The van der Waals surface area contributed by atoms with Gasteiger partial charge in [0.15, 0.2) is 5.82 Å². The van der Waals surface area contributed by atoms with Gasteiger partial charge >= 0.3 is 0 Å². The summed E-state index contributed by atoms with van der Waals surface area (Å²) in [4.78, 5) is 1.08. The summed E-state index contributed by atoms with van der Waals surface area (Å²) in [5.74, 6) is -1.06. The van der Waals surface area contributed by atoms with Crippen molar-refractivity contribution in [2.24, 2.45) is 0 Å². The van der Waals surface area contributed by atoms with E-state index in [1.807, 2.05) is 24.4 Å². The first-order valence-corrected chi connectivity index (χ1v) is 6.76. The number of hydrogen-bond donors (Lipinski definition) is 1. The number of rotatable bonds is 4. The van der Waals surface area contributed by atoms with Crippen LogP contribution in [0.2, 0.25) is 0 Å². The van der Waals surface area contributed by atoms with Crippen LogP contribution in [-0.4, -0.2) is 0 Å². The predicted molar refractivity (Wildman–Crippen MR) is 72.1 cm³/mol. The Kier molecular flexibility index (Phi) is 3.97. The molecule has 0 fully saturated rings. The molecule has 0 saturated heterocycles. The molecule has 0 saturated carbocycles. The van der Waals surface area contributed by atoms with Gasteiger partial charge in [0.05, 0.1) is 6.04 Å². The van der Waals surface area contributed by atoms with Crippen LogP contribution in [0, 0.1) is 18.6 Å². The first-order chi connectivity index (χ1) is 8.63. The smallest absolute Gasteiger partial charge is 0.152 e. The average molecular weight is 267 g/mol. The molecular weight excluding hydrogens is 252 g/mol. The molecule has 18 heavy (non-hydrogen) atoms. The Hall–Kier alpha value is -1.42. The van der Waals surface area contributed by atoms with E-state index in [1.165, 1.54) is 12.1 Å². The molecule has 1 heterocycles. The van der Waals surface area contributed by atoms with E-state index < -0.39 is 11.6 Å². The number of thiophene rings is 1. The highest BCUT2D eigenvalue weighted by Gasteiger charge is 2.16. The van der Waals surface area contributed by atoms with Gasteiger partial charge in [0.25, 0.3) is 0 Å². The summed E-state index contributed by atoms with van der Waals surface area (Å²) in [6.07, 6.45) is 0.771. The van der Waals surface area contributed by atoms with E-state index in [2.05, 4.69) is 5.32 Å². The fourth-order valence-corrected chi connectivity index (χ4v) is 2.69. The zero-order valence-electron chi connectivity index (χ0n) is 10.3. The SMILES string of the molecule is CCC(Nc1c(F)ccc(C)c1F)c1cccs1. The lowest BCUT2D eigenvalue weighted by molar-refractivity contribution is 0.576. The summed E-state index contributed by atoms with van der Waals surface area (Å²) in [7, 11) is 0. The Morgan fingerprint density at radius 1 is 1.28 bits per heavy atom. The van der Waals surface area contributed by atoms with Crippen LogP contribution in [0.3, 0.4) is 0 Å². The maximum Gasteiger partial charge on any atom is 0.152 e. The molecule has 2 aromatic rings. The Balaban J connectivity index is 2.30. The normalized spacial score (nSPS) is 12.4. The highest BCUT2D eigenvalue weighted by molar-refractivity contribution is 7.10. The zero-order valence-corrected chi connectivity index (χ0v) is 11.2. The minimum Gasteiger partial charge on any atom is -0.373 e. The molecule has 2 rings (SSSR count). The molecule has 4 heteroatoms. The van der Waals surface area contributed by atoms with Crippen molar-refractivity contribution < 1.29 is 8.78 Å². The van der Waals surface area contributed by atoms with Gasteiger partial charge in [-0.15, -0.1) is 11.3 Å². The number of anilines is 1. The zero-order chi connectivity index (χ0) is 13.1. The minimum absolute atomic E-state index is 0.0322. The van der Waals surface area contributed by atoms with Crippen molar-refractivity contribution in [3.8, 4) is 0 Å². The second kappa shape index (κ2) is 5.48. The van der Waals surface area contributed by atoms with Crippen molar-refractivity contribution in [3.63, 3.8) is 0 Å². The third-order valence-electron chi connectivity index (χ3n) is 2.90. The monoisotopic (exact) mass is 267 g/mol. The molecule has 1 unspecified atom stereocenters. The van der Waals surface area contributed by atoms with Crippen LogP contribution < -0.4 is 5.32 Å². The van der Waals surface area contributed by atoms with Crippen molar-refractivity contribution in [3.05, 3.63) is 51.7 Å². The number of nitrogens with one attached hydrogen (secondary N) is 1. The standard InChI is InChI=1S/C14H15F2NS/c1-3-11(12-5-4-8-18-12)17-14-10(15)7-6-9(2)13(14)16/h4-8,11,17H,3H2,1-2H3. The molecule has 1 nitrogen and oxygen atoms in total. The second-order valence-electron chi connectivity index (χ2n) is 4.17. The van der Waals surface area contributed by atoms with E-state index in [1.54, 1.807) is 18.3 Å². The van der Waals surface area contributed by atoms with Crippen molar-refractivity contribution in [2.45, 2.75) is 26.3 Å². The third-order valence-corrected chi connectivity index (χ3v) is 3.88. The Morgan fingerprint density at radius 3 is 2.67 bits per heavy atom. The predicted octanol–water partition coefficient (Wildman–Crippen LogP) is 4.90. The van der Waals surface area contributed by atoms with E-state index in [4.69, 9.17) is 0 Å². The average Bonchev–Trinajstić information content (AvgIpc) is 2.88. The maximum atomic E-state index is 13.9. The quantitative estimate of drug-likeness (QED) is 0.831. The molecule has 1 aromatic heterocycles. The Bertz CT molecular complexity index is 523. The summed E-state index contributed by atoms with van der Waals surface area (Å²) in [5.41, 5.74) is 0.412. The second-order valence-corrected chi connectivity index (χ2v) is 5.15. The molecular formula is C14H15F2NS. The molecule has 0 aliphatic heterocycles. The summed E-state index contributed by atoms with van der Waals surface area (Å²) in [6, 6.07) is 6.59. The molecule has 0 aliphatic rings. The summed E-state index contributed by atoms with van der Waals surface area (Å²) >= 11 is 1.58. The van der Waals surface area contributed by atoms with Crippen LogP contribution in [0.5, 0.6) is 0 Å². The van der Waals surface area contributed by atoms with Crippen molar-refractivity contribution in [2.75, 3.05) is 5.32 Å². The lowest BCUT2D eigenvalue weighted by Crippen LogP contribution is -2.11. The number of aryl methyl sites for hydroxylation is 1. The third kappa shape index (κ3) is 2.53. The van der Waals surface area contributed by atoms with E-state index in [0.29, 0.717) is 5.56 Å². The largest absolute Gasteiger partial charge is 0.373 e. The molecule has 0 spiro atoms. The fourth-order valence-electron chi connectivity index (χ4n) is 1.83. The lowest BCUT2D eigenvalue weighted by Gasteiger charge is -2.18. The van der Waals surface area contributed by atoms with Crippen molar-refractivity contribution >= 4 is 17.0 Å².